The summed E-state index contributed by atoms with van der Waals surface area (Å²) in [6.07, 6.45) is -4.94. The first-order valence-electron chi connectivity index (χ1n) is 24.1. The van der Waals surface area contributed by atoms with Crippen molar-refractivity contribution in [2.45, 2.75) is 180 Å². The van der Waals surface area contributed by atoms with E-state index < -0.39 is 36.7 Å². The van der Waals surface area contributed by atoms with Crippen molar-refractivity contribution in [1.82, 2.24) is 0 Å². The summed E-state index contributed by atoms with van der Waals surface area (Å²) in [7, 11) is 0. The molecular weight excluding hydrogens is 845 g/mol. The molecule has 0 aliphatic carbocycles. The van der Waals surface area contributed by atoms with Crippen LogP contribution in [-0.2, 0) is 81.5 Å². The lowest BCUT2D eigenvalue weighted by molar-refractivity contribution is -0.316. The number of benzene rings is 3. The Bertz CT molecular complexity index is 1950. The van der Waals surface area contributed by atoms with Crippen LogP contribution in [0.4, 0.5) is 0 Å². The van der Waals surface area contributed by atoms with Gasteiger partial charge in [0.2, 0.25) is 0 Å². The van der Waals surface area contributed by atoms with Crippen LogP contribution < -0.4 is 0 Å². The number of esters is 1. The van der Waals surface area contributed by atoms with Gasteiger partial charge in [0.25, 0.3) is 0 Å². The normalized spacial score (nSPS) is 38.9. The highest BCUT2D eigenvalue weighted by atomic mass is 16.8. The summed E-state index contributed by atoms with van der Waals surface area (Å²) in [4.78, 5) is 12.0. The number of hydrogen-bond acceptors (Lipinski definition) is 13. The van der Waals surface area contributed by atoms with Gasteiger partial charge < -0.3 is 56.8 Å². The van der Waals surface area contributed by atoms with Crippen LogP contribution >= 0.6 is 0 Å². The van der Waals surface area contributed by atoms with E-state index >= 15 is 0 Å². The van der Waals surface area contributed by atoms with Gasteiger partial charge in [-0.3, -0.25) is 4.79 Å². The first-order chi connectivity index (χ1) is 31.7. The molecule has 13 heteroatoms. The number of carbonyl (C=O) groups excluding carboxylic acids is 1. The van der Waals surface area contributed by atoms with E-state index in [1.807, 2.05) is 89.2 Å². The number of fused-ring (bicyclic) bond motifs is 1. The summed E-state index contributed by atoms with van der Waals surface area (Å²) in [6, 6.07) is 30.5. The zero-order chi connectivity index (χ0) is 46.5. The van der Waals surface area contributed by atoms with Gasteiger partial charge in [-0.15, -0.1) is 0 Å². The predicted octanol–water partition coefficient (Wildman–Crippen LogP) is 8.19. The van der Waals surface area contributed by atoms with E-state index in [4.69, 9.17) is 56.8 Å². The molecule has 8 rings (SSSR count). The molecule has 5 aliphatic rings. The number of carbonyl (C=O) groups is 1. The minimum Gasteiger partial charge on any atom is -0.459 e. The van der Waals surface area contributed by atoms with Crippen LogP contribution in [0.25, 0.3) is 0 Å². The molecule has 0 bridgehead atoms. The fourth-order valence-electron chi connectivity index (χ4n) is 10.7. The Kier molecular flexibility index (Phi) is 16.4. The summed E-state index contributed by atoms with van der Waals surface area (Å²) >= 11 is 0. The molecule has 66 heavy (non-hydrogen) atoms. The molecule has 10 unspecified atom stereocenters. The molecule has 0 N–H and O–H groups in total. The van der Waals surface area contributed by atoms with Gasteiger partial charge in [0.1, 0.15) is 24.4 Å². The van der Waals surface area contributed by atoms with Crippen molar-refractivity contribution >= 4 is 5.97 Å². The highest BCUT2D eigenvalue weighted by Crippen LogP contribution is 2.46. The van der Waals surface area contributed by atoms with E-state index in [1.54, 1.807) is 0 Å². The number of ether oxygens (including phenoxy) is 12. The summed E-state index contributed by atoms with van der Waals surface area (Å²) in [6.45, 7) is 19.5. The monoisotopic (exact) mass is 916 g/mol. The van der Waals surface area contributed by atoms with Gasteiger partial charge in [0, 0.05) is 30.6 Å². The standard InChI is InChI=1S/C53H72O13/c1-31-42(25-41-34(4)61-52(50-49(41)65-53(8,9)66-50)63-46-32(2)45(62-37(7)54)35(5)60-36(46)6)57-29-44(56-27-39-21-15-11-16-22-39)48(31)64-51-33(3)47(58-28-40-23-17-12-18-24-40)43(30-59-51)55-26-38-19-13-10-14-20-38/h10-24,31-36,41-52H,25-30H2,1-9H3/t31?,32?,33?,34?,35?,36-,41-,42-,43+,44+,45+,46?,47?,48?,49?,50?,51-,52-/m0/s1. The Morgan fingerprint density at radius 3 is 1.67 bits per heavy atom. The van der Waals surface area contributed by atoms with Gasteiger partial charge >= 0.3 is 5.97 Å². The van der Waals surface area contributed by atoms with Crippen LogP contribution in [0.5, 0.6) is 0 Å². The topological polar surface area (TPSA) is 128 Å². The molecule has 13 nitrogen and oxygen atoms in total. The van der Waals surface area contributed by atoms with Crippen molar-refractivity contribution in [1.29, 1.82) is 0 Å². The molecule has 5 aliphatic heterocycles. The van der Waals surface area contributed by atoms with Gasteiger partial charge in [-0.2, -0.15) is 0 Å². The maximum Gasteiger partial charge on any atom is 0.303 e. The molecule has 5 fully saturated rings. The zero-order valence-electron chi connectivity index (χ0n) is 40.1. The van der Waals surface area contributed by atoms with Gasteiger partial charge in [-0.1, -0.05) is 112 Å². The average molecular weight is 917 g/mol. The van der Waals surface area contributed by atoms with E-state index in [9.17, 15) is 4.79 Å². The van der Waals surface area contributed by atoms with E-state index in [1.165, 1.54) is 6.92 Å². The lowest BCUT2D eigenvalue weighted by Gasteiger charge is -2.49. The molecule has 0 spiro atoms. The summed E-state index contributed by atoms with van der Waals surface area (Å²) in [5, 5.41) is 0. The molecule has 362 valence electrons. The molecule has 18 atom stereocenters. The largest absolute Gasteiger partial charge is 0.459 e. The molecule has 3 aromatic carbocycles. The zero-order valence-corrected chi connectivity index (χ0v) is 40.1. The Morgan fingerprint density at radius 2 is 1.08 bits per heavy atom. The molecular formula is C53H72O13. The molecule has 0 amide bonds. The van der Waals surface area contributed by atoms with Gasteiger partial charge in [0.15, 0.2) is 18.4 Å². The Labute approximate surface area is 391 Å². The van der Waals surface area contributed by atoms with Crippen LogP contribution in [0.2, 0.25) is 0 Å². The maximum absolute atomic E-state index is 12.0. The number of hydrogen-bond donors (Lipinski definition) is 0. The fourth-order valence-corrected chi connectivity index (χ4v) is 10.7. The molecule has 5 saturated heterocycles. The highest BCUT2D eigenvalue weighted by molar-refractivity contribution is 5.66. The molecule has 3 aromatic rings. The quantitative estimate of drug-likeness (QED) is 0.128. The van der Waals surface area contributed by atoms with E-state index in [-0.39, 0.29) is 84.6 Å². The average Bonchev–Trinajstić information content (AvgIpc) is 3.64. The van der Waals surface area contributed by atoms with Crippen molar-refractivity contribution < 1.29 is 61.6 Å². The molecule has 0 aromatic heterocycles. The van der Waals surface area contributed by atoms with Crippen LogP contribution in [-0.4, -0.2) is 111 Å². The second-order valence-electron chi connectivity index (χ2n) is 19.6. The first-order valence-corrected chi connectivity index (χ1v) is 24.1. The van der Waals surface area contributed by atoms with E-state index in [0.29, 0.717) is 39.5 Å². The minimum absolute atomic E-state index is 0.110. The van der Waals surface area contributed by atoms with Gasteiger partial charge in [-0.25, -0.2) is 0 Å². The summed E-state index contributed by atoms with van der Waals surface area (Å²) in [5.41, 5.74) is 3.24. The van der Waals surface area contributed by atoms with Crippen LogP contribution in [0.1, 0.15) is 85.4 Å². The second kappa shape index (κ2) is 22.0. The first kappa shape index (κ1) is 49.1. The third-order valence-electron chi connectivity index (χ3n) is 14.2. The third-order valence-corrected chi connectivity index (χ3v) is 14.2. The second-order valence-corrected chi connectivity index (χ2v) is 19.6. The Morgan fingerprint density at radius 1 is 0.561 bits per heavy atom. The lowest BCUT2D eigenvalue weighted by atomic mass is 9.79. The lowest BCUT2D eigenvalue weighted by Crippen LogP contribution is -2.60. The van der Waals surface area contributed by atoms with Crippen molar-refractivity contribution in [3.63, 3.8) is 0 Å². The summed E-state index contributed by atoms with van der Waals surface area (Å²) < 4.78 is 79.4. The van der Waals surface area contributed by atoms with Crippen molar-refractivity contribution in [3.05, 3.63) is 108 Å². The van der Waals surface area contributed by atoms with Crippen molar-refractivity contribution in [2.75, 3.05) is 13.2 Å². The molecule has 5 heterocycles. The molecule has 0 saturated carbocycles. The van der Waals surface area contributed by atoms with Gasteiger partial charge in [0.05, 0.1) is 81.9 Å². The molecule has 0 radical (unpaired) electrons. The van der Waals surface area contributed by atoms with Crippen LogP contribution in [0.15, 0.2) is 91.0 Å². The summed E-state index contributed by atoms with van der Waals surface area (Å²) in [5.74, 6) is -1.81. The maximum atomic E-state index is 12.0. The smallest absolute Gasteiger partial charge is 0.303 e. The van der Waals surface area contributed by atoms with Crippen molar-refractivity contribution in [2.24, 2.45) is 23.7 Å². The van der Waals surface area contributed by atoms with E-state index in [0.717, 1.165) is 16.7 Å². The Hall–Kier alpha value is -3.31. The van der Waals surface area contributed by atoms with Gasteiger partial charge in [-0.05, 0) is 57.7 Å². The number of rotatable bonds is 16. The predicted molar refractivity (Wildman–Crippen MR) is 244 cm³/mol. The van der Waals surface area contributed by atoms with Crippen molar-refractivity contribution in [3.8, 4) is 0 Å². The SMILES string of the molecule is CC(=O)O[C@H]1C(C)O[C@@H](C)C(O[C@@H]2OC(C)[C@H](C[C@@H]3OC[C@@H](OCc4ccccc4)C(O[C@@H]4OC[C@@H](OCc5ccccc5)C(OCc5ccccc5)C4C)C3C)C3OC(C)(C)OC32)C1C. The van der Waals surface area contributed by atoms with Crippen LogP contribution in [0.3, 0.4) is 0 Å². The third kappa shape index (κ3) is 11.7. The highest BCUT2D eigenvalue weighted by Gasteiger charge is 2.57. The minimum atomic E-state index is -0.880. The van der Waals surface area contributed by atoms with Crippen LogP contribution in [0, 0.1) is 23.7 Å². The fraction of sp³-hybridized carbons (Fsp3) is 0.642. The Balaban J connectivity index is 0.988. The van der Waals surface area contributed by atoms with E-state index in [2.05, 4.69) is 57.2 Å².